The van der Waals surface area contributed by atoms with Crippen molar-refractivity contribution in [3.05, 3.63) is 59.7 Å². The van der Waals surface area contributed by atoms with Crippen molar-refractivity contribution in [3.63, 3.8) is 0 Å². The molecule has 4 heteroatoms. The number of carbonyl (C=O) groups is 1. The smallest absolute Gasteiger partial charge is 0.235 e. The lowest BCUT2D eigenvalue weighted by Crippen LogP contribution is -2.37. The van der Waals surface area contributed by atoms with Crippen LogP contribution in [0.25, 0.3) is 0 Å². The number of nitriles is 1. The molecule has 2 aromatic carbocycles. The molecule has 1 saturated carbocycles. The second-order valence-corrected chi connectivity index (χ2v) is 6.14. The number of nitrogens with zero attached hydrogens (tertiary/aromatic N) is 1. The Balaban J connectivity index is 1.89. The molecule has 0 saturated heterocycles. The number of hydrogen-bond acceptors (Lipinski definition) is 3. The van der Waals surface area contributed by atoms with E-state index in [4.69, 9.17) is 4.74 Å². The highest BCUT2D eigenvalue weighted by atomic mass is 16.5. The number of hydrogen-bond donors (Lipinski definition) is 1. The van der Waals surface area contributed by atoms with E-state index in [0.29, 0.717) is 17.0 Å². The molecule has 4 nitrogen and oxygen atoms in total. The van der Waals surface area contributed by atoms with Crippen molar-refractivity contribution in [2.75, 3.05) is 12.4 Å². The van der Waals surface area contributed by atoms with E-state index in [1.165, 1.54) is 7.11 Å². The van der Waals surface area contributed by atoms with Crippen LogP contribution in [0.2, 0.25) is 0 Å². The summed E-state index contributed by atoms with van der Waals surface area (Å²) in [6.07, 6.45) is 3.80. The van der Waals surface area contributed by atoms with Crippen LogP contribution in [0.1, 0.15) is 36.8 Å². The fourth-order valence-electron chi connectivity index (χ4n) is 3.51. The van der Waals surface area contributed by atoms with Gasteiger partial charge in [-0.05, 0) is 36.6 Å². The van der Waals surface area contributed by atoms with Crippen molar-refractivity contribution in [3.8, 4) is 11.8 Å². The summed E-state index contributed by atoms with van der Waals surface area (Å²) in [6.45, 7) is 0. The standard InChI is InChI=1S/C20H20N2O2/c1-24-18-10-9-17(13-15(18)14-21)22-19(23)20(11-5-6-12-20)16-7-3-2-4-8-16/h2-4,7-10,13H,5-6,11-12H2,1H3,(H,22,23). The van der Waals surface area contributed by atoms with E-state index in [1.54, 1.807) is 18.2 Å². The van der Waals surface area contributed by atoms with Gasteiger partial charge in [-0.15, -0.1) is 0 Å². The zero-order valence-electron chi connectivity index (χ0n) is 13.7. The molecule has 1 amide bonds. The Bertz CT molecular complexity index is 772. The molecule has 0 atom stereocenters. The van der Waals surface area contributed by atoms with Crippen molar-refractivity contribution in [2.45, 2.75) is 31.1 Å². The zero-order valence-corrected chi connectivity index (χ0v) is 13.7. The van der Waals surface area contributed by atoms with Crippen LogP contribution in [0, 0.1) is 11.3 Å². The molecular formula is C20H20N2O2. The van der Waals surface area contributed by atoms with Crippen LogP contribution in [0.15, 0.2) is 48.5 Å². The van der Waals surface area contributed by atoms with Gasteiger partial charge >= 0.3 is 0 Å². The van der Waals surface area contributed by atoms with E-state index in [9.17, 15) is 10.1 Å². The molecule has 1 aliphatic rings. The van der Waals surface area contributed by atoms with Crippen molar-refractivity contribution < 1.29 is 9.53 Å². The molecule has 1 aliphatic carbocycles. The number of amides is 1. The molecule has 0 bridgehead atoms. The lowest BCUT2D eigenvalue weighted by atomic mass is 9.78. The van der Waals surface area contributed by atoms with Gasteiger partial charge in [0.25, 0.3) is 0 Å². The molecule has 1 fully saturated rings. The van der Waals surface area contributed by atoms with Crippen LogP contribution in [0.3, 0.4) is 0 Å². The maximum absolute atomic E-state index is 13.1. The van der Waals surface area contributed by atoms with Gasteiger partial charge in [0.2, 0.25) is 5.91 Å². The maximum atomic E-state index is 13.1. The Labute approximate surface area is 142 Å². The van der Waals surface area contributed by atoms with Crippen LogP contribution in [0.5, 0.6) is 5.75 Å². The molecule has 0 spiro atoms. The van der Waals surface area contributed by atoms with Gasteiger partial charge in [-0.25, -0.2) is 0 Å². The van der Waals surface area contributed by atoms with Crippen molar-refractivity contribution in [1.29, 1.82) is 5.26 Å². The summed E-state index contributed by atoms with van der Waals surface area (Å²) >= 11 is 0. The highest BCUT2D eigenvalue weighted by Crippen LogP contribution is 2.42. The van der Waals surface area contributed by atoms with Crippen molar-refractivity contribution >= 4 is 11.6 Å². The van der Waals surface area contributed by atoms with Gasteiger partial charge in [0, 0.05) is 5.69 Å². The quantitative estimate of drug-likeness (QED) is 0.925. The molecule has 24 heavy (non-hydrogen) atoms. The van der Waals surface area contributed by atoms with Gasteiger partial charge in [0.1, 0.15) is 11.8 Å². The first-order chi connectivity index (χ1) is 11.7. The van der Waals surface area contributed by atoms with E-state index in [1.807, 2.05) is 30.3 Å². The first-order valence-corrected chi connectivity index (χ1v) is 8.15. The molecule has 3 rings (SSSR count). The second kappa shape index (κ2) is 6.76. The van der Waals surface area contributed by atoms with Gasteiger partial charge < -0.3 is 10.1 Å². The van der Waals surface area contributed by atoms with Gasteiger partial charge in [0.15, 0.2) is 0 Å². The normalized spacial score (nSPS) is 15.5. The predicted molar refractivity (Wildman–Crippen MR) is 92.9 cm³/mol. The number of methoxy groups -OCH3 is 1. The third-order valence-corrected chi connectivity index (χ3v) is 4.80. The first kappa shape index (κ1) is 16.1. The molecular weight excluding hydrogens is 300 g/mol. The zero-order chi connectivity index (χ0) is 17.0. The molecule has 0 aromatic heterocycles. The summed E-state index contributed by atoms with van der Waals surface area (Å²) in [7, 11) is 1.53. The van der Waals surface area contributed by atoms with Gasteiger partial charge in [-0.1, -0.05) is 43.2 Å². The van der Waals surface area contributed by atoms with E-state index >= 15 is 0 Å². The minimum atomic E-state index is -0.478. The summed E-state index contributed by atoms with van der Waals surface area (Å²) in [6, 6.07) is 17.2. The average Bonchev–Trinajstić information content (AvgIpc) is 3.13. The van der Waals surface area contributed by atoms with Gasteiger partial charge in [-0.2, -0.15) is 5.26 Å². The maximum Gasteiger partial charge on any atom is 0.235 e. The number of anilines is 1. The van der Waals surface area contributed by atoms with Crippen molar-refractivity contribution in [1.82, 2.24) is 0 Å². The van der Waals surface area contributed by atoms with Crippen LogP contribution >= 0.6 is 0 Å². The fraction of sp³-hybridized carbons (Fsp3) is 0.300. The number of carbonyl (C=O) groups excluding carboxylic acids is 1. The minimum absolute atomic E-state index is 0.000238. The third-order valence-electron chi connectivity index (χ3n) is 4.80. The topological polar surface area (TPSA) is 62.1 Å². The lowest BCUT2D eigenvalue weighted by molar-refractivity contribution is -0.121. The molecule has 2 aromatic rings. The summed E-state index contributed by atoms with van der Waals surface area (Å²) in [5.41, 5.74) is 1.62. The number of ether oxygens (including phenoxy) is 1. The predicted octanol–water partition coefficient (Wildman–Crippen LogP) is 4.02. The Morgan fingerprint density at radius 1 is 1.17 bits per heavy atom. The van der Waals surface area contributed by atoms with Crippen molar-refractivity contribution in [2.24, 2.45) is 0 Å². The lowest BCUT2D eigenvalue weighted by Gasteiger charge is -2.28. The average molecular weight is 320 g/mol. The number of rotatable bonds is 4. The largest absolute Gasteiger partial charge is 0.495 e. The van der Waals surface area contributed by atoms with E-state index in [-0.39, 0.29) is 5.91 Å². The summed E-state index contributed by atoms with van der Waals surface area (Å²) in [5, 5.41) is 12.2. The molecule has 0 aliphatic heterocycles. The van der Waals surface area contributed by atoms with E-state index < -0.39 is 5.41 Å². The van der Waals surface area contributed by atoms with E-state index in [0.717, 1.165) is 31.2 Å². The molecule has 0 heterocycles. The SMILES string of the molecule is COc1ccc(NC(=O)C2(c3ccccc3)CCCC2)cc1C#N. The van der Waals surface area contributed by atoms with Crippen LogP contribution in [-0.4, -0.2) is 13.0 Å². The summed E-state index contributed by atoms with van der Waals surface area (Å²) in [5.74, 6) is 0.509. The minimum Gasteiger partial charge on any atom is -0.495 e. The summed E-state index contributed by atoms with van der Waals surface area (Å²) in [4.78, 5) is 13.1. The highest BCUT2D eigenvalue weighted by molar-refractivity contribution is 5.99. The fourth-order valence-corrected chi connectivity index (χ4v) is 3.51. The highest BCUT2D eigenvalue weighted by Gasteiger charge is 2.42. The van der Waals surface area contributed by atoms with Crippen LogP contribution in [-0.2, 0) is 10.2 Å². The van der Waals surface area contributed by atoms with Crippen LogP contribution < -0.4 is 10.1 Å². The Hall–Kier alpha value is -2.80. The number of benzene rings is 2. The monoisotopic (exact) mass is 320 g/mol. The third kappa shape index (κ3) is 2.85. The Morgan fingerprint density at radius 2 is 1.88 bits per heavy atom. The molecule has 122 valence electrons. The molecule has 0 unspecified atom stereocenters. The van der Waals surface area contributed by atoms with E-state index in [2.05, 4.69) is 11.4 Å². The van der Waals surface area contributed by atoms with Gasteiger partial charge in [0.05, 0.1) is 18.1 Å². The second-order valence-electron chi connectivity index (χ2n) is 6.14. The van der Waals surface area contributed by atoms with Crippen LogP contribution in [0.4, 0.5) is 5.69 Å². The van der Waals surface area contributed by atoms with Gasteiger partial charge in [-0.3, -0.25) is 4.79 Å². The summed E-state index contributed by atoms with van der Waals surface area (Å²) < 4.78 is 5.15. The molecule has 0 radical (unpaired) electrons. The molecule has 1 N–H and O–H groups in total. The number of nitrogens with one attached hydrogen (secondary N) is 1. The Kier molecular flexibility index (Phi) is 4.52. The first-order valence-electron chi connectivity index (χ1n) is 8.15. The Morgan fingerprint density at radius 3 is 2.50 bits per heavy atom.